The van der Waals surface area contributed by atoms with Crippen molar-refractivity contribution in [1.29, 1.82) is 0 Å². The Kier molecular flexibility index (Phi) is 6.92. The van der Waals surface area contributed by atoms with Crippen molar-refractivity contribution in [3.05, 3.63) is 76.8 Å². The van der Waals surface area contributed by atoms with Gasteiger partial charge in [-0.15, -0.1) is 10.2 Å². The molecule has 3 aromatic rings. The molecule has 1 amide bonds. The lowest BCUT2D eigenvalue weighted by Gasteiger charge is -2.06. The van der Waals surface area contributed by atoms with Gasteiger partial charge in [-0.05, 0) is 35.3 Å². The third kappa shape index (κ3) is 6.32. The van der Waals surface area contributed by atoms with Gasteiger partial charge < -0.3 is 4.74 Å². The molecule has 1 heterocycles. The van der Waals surface area contributed by atoms with E-state index in [9.17, 15) is 4.79 Å². The lowest BCUT2D eigenvalue weighted by Crippen LogP contribution is -2.07. The Balaban J connectivity index is 1.54. The largest absolute Gasteiger partial charge is 0.489 e. The van der Waals surface area contributed by atoms with Crippen molar-refractivity contribution >= 4 is 28.5 Å². The zero-order valence-corrected chi connectivity index (χ0v) is 16.8. The summed E-state index contributed by atoms with van der Waals surface area (Å²) in [5, 5.41) is 12.3. The topological polar surface area (TPSA) is 64.1 Å². The second-order valence-corrected chi connectivity index (χ2v) is 7.83. The first-order chi connectivity index (χ1) is 13.6. The van der Waals surface area contributed by atoms with Gasteiger partial charge in [-0.25, -0.2) is 0 Å². The molecule has 0 aliphatic heterocycles. The van der Waals surface area contributed by atoms with Gasteiger partial charge in [-0.2, -0.15) is 0 Å². The average Bonchev–Trinajstić information content (AvgIpc) is 3.12. The predicted molar refractivity (Wildman–Crippen MR) is 113 cm³/mol. The van der Waals surface area contributed by atoms with E-state index in [1.807, 2.05) is 54.6 Å². The molecule has 0 radical (unpaired) electrons. The van der Waals surface area contributed by atoms with Gasteiger partial charge in [0.25, 0.3) is 0 Å². The molecule has 28 heavy (non-hydrogen) atoms. The maximum atomic E-state index is 12.1. The molecule has 1 N–H and O–H groups in total. The Morgan fingerprint density at radius 1 is 1.14 bits per heavy atom. The van der Waals surface area contributed by atoms with Crippen molar-refractivity contribution in [2.45, 2.75) is 26.9 Å². The van der Waals surface area contributed by atoms with Crippen LogP contribution in [0.15, 0.2) is 60.7 Å². The number of nitrogens with one attached hydrogen (secondary N) is 1. The van der Waals surface area contributed by atoms with E-state index in [1.165, 1.54) is 17.4 Å². The first kappa shape index (κ1) is 19.8. The molecule has 0 aliphatic rings. The van der Waals surface area contributed by atoms with E-state index in [0.29, 0.717) is 17.7 Å². The number of ether oxygens (including phenoxy) is 1. The van der Waals surface area contributed by atoms with Gasteiger partial charge >= 0.3 is 0 Å². The predicted octanol–water partition coefficient (Wildman–Crippen LogP) is 4.97. The average molecular weight is 394 g/mol. The molecule has 0 saturated carbocycles. The van der Waals surface area contributed by atoms with Crippen molar-refractivity contribution in [2.24, 2.45) is 5.92 Å². The Morgan fingerprint density at radius 3 is 2.75 bits per heavy atom. The number of rotatable bonds is 8. The number of aromatic nitrogens is 2. The van der Waals surface area contributed by atoms with E-state index >= 15 is 0 Å². The number of benzene rings is 2. The molecule has 1 aromatic heterocycles. The summed E-state index contributed by atoms with van der Waals surface area (Å²) < 4.78 is 5.82. The van der Waals surface area contributed by atoms with Crippen LogP contribution in [-0.2, 0) is 17.8 Å². The van der Waals surface area contributed by atoms with E-state index < -0.39 is 0 Å². The van der Waals surface area contributed by atoms with E-state index in [-0.39, 0.29) is 5.91 Å². The van der Waals surface area contributed by atoms with Crippen LogP contribution in [0.2, 0.25) is 0 Å². The second kappa shape index (κ2) is 9.80. The number of carbonyl (C=O) groups is 1. The summed E-state index contributed by atoms with van der Waals surface area (Å²) in [5.74, 6) is 1.03. The van der Waals surface area contributed by atoms with Crippen LogP contribution in [-0.4, -0.2) is 16.1 Å². The smallest absolute Gasteiger partial charge is 0.250 e. The van der Waals surface area contributed by atoms with Crippen LogP contribution in [0.25, 0.3) is 6.08 Å². The number of hydrogen-bond acceptors (Lipinski definition) is 5. The van der Waals surface area contributed by atoms with Gasteiger partial charge in [-0.3, -0.25) is 10.1 Å². The van der Waals surface area contributed by atoms with Crippen molar-refractivity contribution < 1.29 is 9.53 Å². The quantitative estimate of drug-likeness (QED) is 0.549. The van der Waals surface area contributed by atoms with Crippen LogP contribution in [0, 0.1) is 5.92 Å². The highest BCUT2D eigenvalue weighted by Crippen LogP contribution is 2.19. The molecule has 0 unspecified atom stereocenters. The van der Waals surface area contributed by atoms with Crippen LogP contribution in [0.1, 0.15) is 30.0 Å². The fourth-order valence-corrected chi connectivity index (χ4v) is 3.46. The minimum Gasteiger partial charge on any atom is -0.489 e. The summed E-state index contributed by atoms with van der Waals surface area (Å²) in [6.07, 6.45) is 4.10. The molecular weight excluding hydrogens is 370 g/mol. The summed E-state index contributed by atoms with van der Waals surface area (Å²) in [6.45, 7) is 4.75. The second-order valence-electron chi connectivity index (χ2n) is 6.77. The maximum Gasteiger partial charge on any atom is 0.250 e. The molecule has 0 saturated heterocycles. The highest BCUT2D eigenvalue weighted by Gasteiger charge is 2.07. The van der Waals surface area contributed by atoms with Gasteiger partial charge in [0.05, 0.1) is 0 Å². The first-order valence-electron chi connectivity index (χ1n) is 9.17. The van der Waals surface area contributed by atoms with Crippen LogP contribution in [0.4, 0.5) is 5.13 Å². The fourth-order valence-electron chi connectivity index (χ4n) is 2.50. The number of hydrogen-bond donors (Lipinski definition) is 1. The summed E-state index contributed by atoms with van der Waals surface area (Å²) in [5.41, 5.74) is 2.00. The third-order valence-electron chi connectivity index (χ3n) is 3.81. The lowest BCUT2D eigenvalue weighted by molar-refractivity contribution is -0.111. The Bertz CT molecular complexity index is 936. The molecule has 2 aromatic carbocycles. The van der Waals surface area contributed by atoms with Gasteiger partial charge in [0, 0.05) is 12.5 Å². The van der Waals surface area contributed by atoms with E-state index in [2.05, 4.69) is 29.4 Å². The van der Waals surface area contributed by atoms with Crippen molar-refractivity contribution in [3.8, 4) is 5.75 Å². The van der Waals surface area contributed by atoms with Crippen molar-refractivity contribution in [3.63, 3.8) is 0 Å². The molecule has 6 heteroatoms. The van der Waals surface area contributed by atoms with E-state index in [1.54, 1.807) is 6.08 Å². The van der Waals surface area contributed by atoms with Gasteiger partial charge in [0.1, 0.15) is 17.4 Å². The molecule has 0 aliphatic carbocycles. The van der Waals surface area contributed by atoms with E-state index in [4.69, 9.17) is 4.74 Å². The molecule has 0 atom stereocenters. The highest BCUT2D eigenvalue weighted by molar-refractivity contribution is 7.15. The normalized spacial score (nSPS) is 11.1. The molecule has 0 bridgehead atoms. The van der Waals surface area contributed by atoms with E-state index in [0.717, 1.165) is 28.3 Å². The Morgan fingerprint density at radius 2 is 1.96 bits per heavy atom. The molecule has 3 rings (SSSR count). The number of carbonyl (C=O) groups excluding carboxylic acids is 1. The zero-order valence-electron chi connectivity index (χ0n) is 16.0. The Labute approximate surface area is 169 Å². The lowest BCUT2D eigenvalue weighted by atomic mass is 10.1. The molecule has 5 nitrogen and oxygen atoms in total. The fraction of sp³-hybridized carbons (Fsp3) is 0.227. The van der Waals surface area contributed by atoms with Crippen molar-refractivity contribution in [2.75, 3.05) is 5.32 Å². The summed E-state index contributed by atoms with van der Waals surface area (Å²) in [6, 6.07) is 17.6. The molecule has 0 fully saturated rings. The van der Waals surface area contributed by atoms with Crippen LogP contribution >= 0.6 is 11.3 Å². The van der Waals surface area contributed by atoms with Crippen molar-refractivity contribution in [1.82, 2.24) is 10.2 Å². The highest BCUT2D eigenvalue weighted by atomic mass is 32.1. The Hall–Kier alpha value is -2.99. The number of anilines is 1. The SMILES string of the molecule is CC(C)Cc1nnc(NC(=O)/C=C/c2cccc(OCc3ccccc3)c2)s1. The van der Waals surface area contributed by atoms with Gasteiger partial charge in [0.15, 0.2) is 0 Å². The maximum absolute atomic E-state index is 12.1. The van der Waals surface area contributed by atoms with Crippen LogP contribution in [0.3, 0.4) is 0 Å². The summed E-state index contributed by atoms with van der Waals surface area (Å²) in [4.78, 5) is 12.1. The number of amides is 1. The minimum atomic E-state index is -0.233. The summed E-state index contributed by atoms with van der Waals surface area (Å²) in [7, 11) is 0. The molecule has 144 valence electrons. The standard InChI is InChI=1S/C22H23N3O2S/c1-16(2)13-21-24-25-22(28-21)23-20(26)12-11-17-9-6-10-19(14-17)27-15-18-7-4-3-5-8-18/h3-12,14,16H,13,15H2,1-2H3,(H,23,25,26)/b12-11+. The minimum absolute atomic E-state index is 0.233. The number of nitrogens with zero attached hydrogens (tertiary/aromatic N) is 2. The summed E-state index contributed by atoms with van der Waals surface area (Å²) >= 11 is 1.41. The van der Waals surface area contributed by atoms with Crippen LogP contribution in [0.5, 0.6) is 5.75 Å². The monoisotopic (exact) mass is 393 g/mol. The van der Waals surface area contributed by atoms with Gasteiger partial charge in [0.2, 0.25) is 11.0 Å². The zero-order chi connectivity index (χ0) is 19.8. The van der Waals surface area contributed by atoms with Crippen LogP contribution < -0.4 is 10.1 Å². The first-order valence-corrected chi connectivity index (χ1v) is 9.98. The third-order valence-corrected chi connectivity index (χ3v) is 4.67. The molecular formula is C22H23N3O2S. The molecule has 0 spiro atoms. The van der Waals surface area contributed by atoms with Gasteiger partial charge in [-0.1, -0.05) is 67.6 Å².